The van der Waals surface area contributed by atoms with Gasteiger partial charge in [0, 0.05) is 25.8 Å². The lowest BCUT2D eigenvalue weighted by Crippen LogP contribution is -2.41. The number of rotatable bonds is 3. The summed E-state index contributed by atoms with van der Waals surface area (Å²) in [7, 11) is 0. The number of hydrogen-bond donors (Lipinski definition) is 1. The van der Waals surface area contributed by atoms with Crippen LogP contribution in [0, 0.1) is 6.92 Å². The van der Waals surface area contributed by atoms with Crippen molar-refractivity contribution >= 4 is 17.5 Å². The first-order chi connectivity index (χ1) is 10.6. The Labute approximate surface area is 131 Å². The molecule has 0 aromatic carbocycles. The first-order valence-electron chi connectivity index (χ1n) is 7.84. The second-order valence-electron chi connectivity index (χ2n) is 5.69. The van der Waals surface area contributed by atoms with Gasteiger partial charge in [0.25, 0.3) is 0 Å². The minimum Gasteiger partial charge on any atom is -0.333 e. The third kappa shape index (κ3) is 4.53. The zero-order valence-corrected chi connectivity index (χ0v) is 13.3. The molecule has 1 aliphatic heterocycles. The maximum absolute atomic E-state index is 12.3. The molecular formula is C16H24N4O2. The molecule has 0 unspecified atom stereocenters. The van der Waals surface area contributed by atoms with Gasteiger partial charge in [-0.05, 0) is 44.5 Å². The fourth-order valence-electron chi connectivity index (χ4n) is 2.67. The van der Waals surface area contributed by atoms with Gasteiger partial charge in [0.1, 0.15) is 0 Å². The fraction of sp³-hybridized carbons (Fsp3) is 0.562. The van der Waals surface area contributed by atoms with Crippen LogP contribution in [-0.4, -0.2) is 59.3 Å². The molecule has 22 heavy (non-hydrogen) atoms. The molecule has 2 amide bonds. The van der Waals surface area contributed by atoms with E-state index in [0.29, 0.717) is 18.8 Å². The van der Waals surface area contributed by atoms with Crippen molar-refractivity contribution in [3.05, 3.63) is 24.0 Å². The number of aromatic nitrogens is 1. The summed E-state index contributed by atoms with van der Waals surface area (Å²) in [6.45, 7) is 8.15. The van der Waals surface area contributed by atoms with Crippen LogP contribution in [0.25, 0.3) is 0 Å². The van der Waals surface area contributed by atoms with Crippen LogP contribution in [0.4, 0.5) is 5.69 Å². The van der Waals surface area contributed by atoms with Gasteiger partial charge in [-0.15, -0.1) is 0 Å². The standard InChI is InChI=1S/C16H24N4O2/c1-3-5-19-6-4-7-20(9-8-19)16(22)15(21)18-14-10-13(2)11-17-12-14/h10-12H,3-9H2,1-2H3,(H,18,21). The van der Waals surface area contributed by atoms with E-state index in [0.717, 1.165) is 38.0 Å². The molecule has 1 aromatic rings. The molecule has 1 N–H and O–H groups in total. The number of amides is 2. The van der Waals surface area contributed by atoms with Crippen LogP contribution in [0.1, 0.15) is 25.3 Å². The highest BCUT2D eigenvalue weighted by atomic mass is 16.2. The van der Waals surface area contributed by atoms with Crippen molar-refractivity contribution in [2.45, 2.75) is 26.7 Å². The Kier molecular flexibility index (Phi) is 5.89. The molecule has 6 heteroatoms. The number of hydrogen-bond acceptors (Lipinski definition) is 4. The molecule has 1 saturated heterocycles. The minimum atomic E-state index is -0.587. The molecule has 0 saturated carbocycles. The summed E-state index contributed by atoms with van der Waals surface area (Å²) in [6, 6.07) is 1.80. The monoisotopic (exact) mass is 304 g/mol. The number of anilines is 1. The van der Waals surface area contributed by atoms with Gasteiger partial charge in [-0.2, -0.15) is 0 Å². The third-order valence-electron chi connectivity index (χ3n) is 3.74. The van der Waals surface area contributed by atoms with Gasteiger partial charge in [0.05, 0.1) is 11.9 Å². The highest BCUT2D eigenvalue weighted by Gasteiger charge is 2.24. The van der Waals surface area contributed by atoms with E-state index in [1.165, 1.54) is 0 Å². The first kappa shape index (κ1) is 16.4. The molecule has 0 spiro atoms. The maximum Gasteiger partial charge on any atom is 0.313 e. The number of nitrogens with one attached hydrogen (secondary N) is 1. The van der Waals surface area contributed by atoms with Gasteiger partial charge in [-0.1, -0.05) is 6.92 Å². The van der Waals surface area contributed by atoms with Crippen molar-refractivity contribution in [3.8, 4) is 0 Å². The van der Waals surface area contributed by atoms with E-state index in [4.69, 9.17) is 0 Å². The van der Waals surface area contributed by atoms with Crippen LogP contribution in [0.3, 0.4) is 0 Å². The second-order valence-corrected chi connectivity index (χ2v) is 5.69. The Bertz CT molecular complexity index is 533. The zero-order valence-electron chi connectivity index (χ0n) is 13.3. The topological polar surface area (TPSA) is 65.5 Å². The molecule has 1 aliphatic rings. The summed E-state index contributed by atoms with van der Waals surface area (Å²) >= 11 is 0. The summed E-state index contributed by atoms with van der Waals surface area (Å²) in [4.78, 5) is 32.4. The molecule has 6 nitrogen and oxygen atoms in total. The second kappa shape index (κ2) is 7.89. The van der Waals surface area contributed by atoms with Crippen LogP contribution >= 0.6 is 0 Å². The van der Waals surface area contributed by atoms with E-state index < -0.39 is 11.8 Å². The molecule has 0 radical (unpaired) electrons. The van der Waals surface area contributed by atoms with Crippen molar-refractivity contribution in [2.75, 3.05) is 38.0 Å². The summed E-state index contributed by atoms with van der Waals surface area (Å²) in [6.07, 6.45) is 5.26. The van der Waals surface area contributed by atoms with Crippen molar-refractivity contribution in [2.24, 2.45) is 0 Å². The van der Waals surface area contributed by atoms with Crippen LogP contribution in [0.5, 0.6) is 0 Å². The van der Waals surface area contributed by atoms with E-state index in [2.05, 4.69) is 22.1 Å². The Balaban J connectivity index is 1.91. The normalized spacial score (nSPS) is 16.2. The SMILES string of the molecule is CCCN1CCCN(C(=O)C(=O)Nc2cncc(C)c2)CC1. The molecule has 2 rings (SSSR count). The number of aryl methyl sites for hydroxylation is 1. The Morgan fingerprint density at radius 2 is 2.05 bits per heavy atom. The molecule has 0 aliphatic carbocycles. The molecule has 120 valence electrons. The van der Waals surface area contributed by atoms with E-state index in [1.54, 1.807) is 23.4 Å². The van der Waals surface area contributed by atoms with Crippen LogP contribution in [0.15, 0.2) is 18.5 Å². The molecule has 1 fully saturated rings. The summed E-state index contributed by atoms with van der Waals surface area (Å²) < 4.78 is 0. The molecule has 2 heterocycles. The average molecular weight is 304 g/mol. The van der Waals surface area contributed by atoms with Crippen molar-refractivity contribution in [1.82, 2.24) is 14.8 Å². The van der Waals surface area contributed by atoms with Crippen molar-refractivity contribution in [3.63, 3.8) is 0 Å². The van der Waals surface area contributed by atoms with E-state index in [1.807, 2.05) is 6.92 Å². The van der Waals surface area contributed by atoms with Crippen LogP contribution in [-0.2, 0) is 9.59 Å². The maximum atomic E-state index is 12.3. The van der Waals surface area contributed by atoms with Crippen LogP contribution in [0.2, 0.25) is 0 Å². The minimum absolute atomic E-state index is 0.458. The number of carbonyl (C=O) groups excluding carboxylic acids is 2. The predicted molar refractivity (Wildman–Crippen MR) is 85.5 cm³/mol. The Morgan fingerprint density at radius 1 is 1.23 bits per heavy atom. The lowest BCUT2D eigenvalue weighted by atomic mass is 10.3. The van der Waals surface area contributed by atoms with E-state index in [9.17, 15) is 9.59 Å². The molecule has 1 aromatic heterocycles. The Hall–Kier alpha value is -1.95. The van der Waals surface area contributed by atoms with Gasteiger partial charge < -0.3 is 15.1 Å². The molecule has 0 bridgehead atoms. The van der Waals surface area contributed by atoms with E-state index in [-0.39, 0.29) is 0 Å². The number of nitrogens with zero attached hydrogens (tertiary/aromatic N) is 3. The van der Waals surface area contributed by atoms with Crippen LogP contribution < -0.4 is 5.32 Å². The molecular weight excluding hydrogens is 280 g/mol. The van der Waals surface area contributed by atoms with E-state index >= 15 is 0 Å². The summed E-state index contributed by atoms with van der Waals surface area (Å²) in [5.74, 6) is -1.05. The highest BCUT2D eigenvalue weighted by molar-refractivity contribution is 6.39. The Morgan fingerprint density at radius 3 is 2.77 bits per heavy atom. The third-order valence-corrected chi connectivity index (χ3v) is 3.74. The van der Waals surface area contributed by atoms with Gasteiger partial charge in [0.15, 0.2) is 0 Å². The summed E-state index contributed by atoms with van der Waals surface area (Å²) in [5.41, 5.74) is 1.50. The molecule has 0 atom stereocenters. The quantitative estimate of drug-likeness (QED) is 0.854. The van der Waals surface area contributed by atoms with Crippen molar-refractivity contribution in [1.29, 1.82) is 0 Å². The highest BCUT2D eigenvalue weighted by Crippen LogP contribution is 2.09. The number of carbonyl (C=O) groups is 2. The lowest BCUT2D eigenvalue weighted by Gasteiger charge is -2.21. The van der Waals surface area contributed by atoms with Gasteiger partial charge in [0.2, 0.25) is 0 Å². The first-order valence-corrected chi connectivity index (χ1v) is 7.84. The average Bonchev–Trinajstić information content (AvgIpc) is 2.72. The zero-order chi connectivity index (χ0) is 15.9. The summed E-state index contributed by atoms with van der Waals surface area (Å²) in [5, 5.41) is 2.63. The smallest absolute Gasteiger partial charge is 0.313 e. The number of pyridine rings is 1. The van der Waals surface area contributed by atoms with Crippen molar-refractivity contribution < 1.29 is 9.59 Å². The largest absolute Gasteiger partial charge is 0.333 e. The van der Waals surface area contributed by atoms with Gasteiger partial charge in [-0.3, -0.25) is 14.6 Å². The fourth-order valence-corrected chi connectivity index (χ4v) is 2.67. The van der Waals surface area contributed by atoms with Gasteiger partial charge >= 0.3 is 11.8 Å². The van der Waals surface area contributed by atoms with Gasteiger partial charge in [-0.25, -0.2) is 0 Å². The lowest BCUT2D eigenvalue weighted by molar-refractivity contribution is -0.143. The predicted octanol–water partition coefficient (Wildman–Crippen LogP) is 1.27.